The number of carbonyl (C=O) groups excluding carboxylic acids is 2. The Hall–Kier alpha value is -1.91. The van der Waals surface area contributed by atoms with E-state index in [1.54, 1.807) is 30.2 Å². The van der Waals surface area contributed by atoms with Gasteiger partial charge in [0.25, 0.3) is 5.91 Å². The summed E-state index contributed by atoms with van der Waals surface area (Å²) in [5, 5.41) is 0. The molecule has 0 N–H and O–H groups in total. The molecule has 0 aromatic carbocycles. The van der Waals surface area contributed by atoms with Gasteiger partial charge in [-0.2, -0.15) is 0 Å². The van der Waals surface area contributed by atoms with E-state index in [9.17, 15) is 9.59 Å². The molecule has 2 rings (SSSR count). The molecular weight excluding hydrogens is 232 g/mol. The first-order valence-corrected chi connectivity index (χ1v) is 5.90. The zero-order valence-electron chi connectivity index (χ0n) is 10.5. The van der Waals surface area contributed by atoms with Gasteiger partial charge in [-0.1, -0.05) is 0 Å². The second-order valence-electron chi connectivity index (χ2n) is 4.57. The van der Waals surface area contributed by atoms with E-state index in [1.165, 1.54) is 13.3 Å². The van der Waals surface area contributed by atoms with Gasteiger partial charge in [-0.15, -0.1) is 0 Å². The SMILES string of the molecule is COC(=O)[C@]1(C)CCCN1C(=O)c1cccnc1. The summed E-state index contributed by atoms with van der Waals surface area (Å²) in [6, 6.07) is 3.41. The maximum atomic E-state index is 12.4. The van der Waals surface area contributed by atoms with Crippen LogP contribution < -0.4 is 0 Å². The molecule has 5 nitrogen and oxygen atoms in total. The van der Waals surface area contributed by atoms with E-state index in [4.69, 9.17) is 4.74 Å². The number of rotatable bonds is 2. The maximum Gasteiger partial charge on any atom is 0.331 e. The predicted molar refractivity (Wildman–Crippen MR) is 64.9 cm³/mol. The molecule has 0 saturated carbocycles. The number of hydrogen-bond donors (Lipinski definition) is 0. The van der Waals surface area contributed by atoms with Crippen LogP contribution in [0.4, 0.5) is 0 Å². The van der Waals surface area contributed by atoms with E-state index >= 15 is 0 Å². The fraction of sp³-hybridized carbons (Fsp3) is 0.462. The summed E-state index contributed by atoms with van der Waals surface area (Å²) in [6.07, 6.45) is 4.56. The van der Waals surface area contributed by atoms with Gasteiger partial charge >= 0.3 is 5.97 Å². The lowest BCUT2D eigenvalue weighted by Crippen LogP contribution is -2.51. The summed E-state index contributed by atoms with van der Waals surface area (Å²) in [6.45, 7) is 2.32. The van der Waals surface area contributed by atoms with Crippen LogP contribution in [0, 0.1) is 0 Å². The van der Waals surface area contributed by atoms with E-state index in [0.717, 1.165) is 6.42 Å². The van der Waals surface area contributed by atoms with Crippen LogP contribution >= 0.6 is 0 Å². The topological polar surface area (TPSA) is 59.5 Å². The van der Waals surface area contributed by atoms with Crippen molar-refractivity contribution in [2.45, 2.75) is 25.3 Å². The van der Waals surface area contributed by atoms with Crippen LogP contribution in [0.5, 0.6) is 0 Å². The molecule has 1 aromatic heterocycles. The van der Waals surface area contributed by atoms with Gasteiger partial charge in [-0.25, -0.2) is 4.79 Å². The molecule has 5 heteroatoms. The number of aromatic nitrogens is 1. The van der Waals surface area contributed by atoms with Crippen molar-refractivity contribution in [2.24, 2.45) is 0 Å². The maximum absolute atomic E-state index is 12.4. The molecule has 1 fully saturated rings. The smallest absolute Gasteiger partial charge is 0.331 e. The van der Waals surface area contributed by atoms with Crippen molar-refractivity contribution in [3.05, 3.63) is 30.1 Å². The summed E-state index contributed by atoms with van der Waals surface area (Å²) >= 11 is 0. The summed E-state index contributed by atoms with van der Waals surface area (Å²) in [4.78, 5) is 29.7. The van der Waals surface area contributed by atoms with Crippen LogP contribution in [-0.4, -0.2) is 41.0 Å². The average molecular weight is 248 g/mol. The monoisotopic (exact) mass is 248 g/mol. The Kier molecular flexibility index (Phi) is 3.32. The van der Waals surface area contributed by atoms with Crippen LogP contribution in [0.3, 0.4) is 0 Å². The van der Waals surface area contributed by atoms with Crippen molar-refractivity contribution in [2.75, 3.05) is 13.7 Å². The third-order valence-corrected chi connectivity index (χ3v) is 3.42. The highest BCUT2D eigenvalue weighted by Crippen LogP contribution is 2.31. The molecule has 1 aliphatic heterocycles. The summed E-state index contributed by atoms with van der Waals surface area (Å²) < 4.78 is 4.80. The summed E-state index contributed by atoms with van der Waals surface area (Å²) in [7, 11) is 1.35. The normalized spacial score (nSPS) is 22.9. The van der Waals surface area contributed by atoms with E-state index in [-0.39, 0.29) is 11.9 Å². The Morgan fingerprint density at radius 3 is 2.89 bits per heavy atom. The molecule has 1 aliphatic rings. The van der Waals surface area contributed by atoms with Gasteiger partial charge in [-0.05, 0) is 31.9 Å². The molecule has 0 radical (unpaired) electrons. The van der Waals surface area contributed by atoms with Gasteiger partial charge in [0, 0.05) is 18.9 Å². The van der Waals surface area contributed by atoms with Crippen molar-refractivity contribution in [1.29, 1.82) is 0 Å². The number of pyridine rings is 1. The third-order valence-electron chi connectivity index (χ3n) is 3.42. The highest BCUT2D eigenvalue weighted by molar-refractivity contribution is 5.98. The van der Waals surface area contributed by atoms with Crippen molar-refractivity contribution in [3.8, 4) is 0 Å². The van der Waals surface area contributed by atoms with Crippen LogP contribution in [0.1, 0.15) is 30.1 Å². The van der Waals surface area contributed by atoms with E-state index in [1.807, 2.05) is 0 Å². The Bertz CT molecular complexity index is 461. The minimum absolute atomic E-state index is 0.173. The average Bonchev–Trinajstić information content (AvgIpc) is 2.81. The number of methoxy groups -OCH3 is 1. The number of nitrogens with zero attached hydrogens (tertiary/aromatic N) is 2. The first-order chi connectivity index (χ1) is 8.59. The van der Waals surface area contributed by atoms with Gasteiger partial charge in [0.15, 0.2) is 0 Å². The van der Waals surface area contributed by atoms with Crippen LogP contribution in [-0.2, 0) is 9.53 Å². The molecule has 1 aromatic rings. The zero-order valence-corrected chi connectivity index (χ0v) is 10.5. The van der Waals surface area contributed by atoms with Gasteiger partial charge < -0.3 is 9.64 Å². The molecule has 0 spiro atoms. The van der Waals surface area contributed by atoms with Crippen LogP contribution in [0.15, 0.2) is 24.5 Å². The predicted octanol–water partition coefficient (Wildman–Crippen LogP) is 1.25. The minimum atomic E-state index is -0.859. The molecule has 0 bridgehead atoms. The molecule has 1 amide bonds. The molecule has 1 saturated heterocycles. The second-order valence-corrected chi connectivity index (χ2v) is 4.57. The Labute approximate surface area is 106 Å². The Morgan fingerprint density at radius 2 is 2.28 bits per heavy atom. The summed E-state index contributed by atoms with van der Waals surface area (Å²) in [5.74, 6) is -0.536. The fourth-order valence-corrected chi connectivity index (χ4v) is 2.37. The molecule has 96 valence electrons. The van der Waals surface area contributed by atoms with Gasteiger partial charge in [0.1, 0.15) is 5.54 Å². The van der Waals surface area contributed by atoms with E-state index in [0.29, 0.717) is 18.5 Å². The lowest BCUT2D eigenvalue weighted by Gasteiger charge is -2.32. The summed E-state index contributed by atoms with van der Waals surface area (Å²) in [5.41, 5.74) is -0.365. The molecule has 0 aliphatic carbocycles. The number of amides is 1. The lowest BCUT2D eigenvalue weighted by atomic mass is 9.98. The standard InChI is InChI=1S/C13H16N2O3/c1-13(12(17)18-2)6-4-8-15(13)11(16)10-5-3-7-14-9-10/h3,5,7,9H,4,6,8H2,1-2H3/t13-/m0/s1. The van der Waals surface area contributed by atoms with Gasteiger partial charge in [-0.3, -0.25) is 9.78 Å². The molecule has 1 atom stereocenters. The van der Waals surface area contributed by atoms with Crippen molar-refractivity contribution < 1.29 is 14.3 Å². The molecule has 2 heterocycles. The lowest BCUT2D eigenvalue weighted by molar-refractivity contribution is -0.151. The number of esters is 1. The number of carbonyl (C=O) groups is 2. The Morgan fingerprint density at radius 1 is 1.50 bits per heavy atom. The highest BCUT2D eigenvalue weighted by atomic mass is 16.5. The molecular formula is C13H16N2O3. The van der Waals surface area contributed by atoms with Crippen molar-refractivity contribution in [1.82, 2.24) is 9.88 Å². The quantitative estimate of drug-likeness (QED) is 0.739. The van der Waals surface area contributed by atoms with E-state index in [2.05, 4.69) is 4.98 Å². The highest BCUT2D eigenvalue weighted by Gasteiger charge is 2.46. The fourth-order valence-electron chi connectivity index (χ4n) is 2.37. The van der Waals surface area contributed by atoms with Gasteiger partial charge in [0.2, 0.25) is 0 Å². The number of hydrogen-bond acceptors (Lipinski definition) is 4. The molecule has 18 heavy (non-hydrogen) atoms. The third kappa shape index (κ3) is 1.96. The minimum Gasteiger partial charge on any atom is -0.467 e. The van der Waals surface area contributed by atoms with Crippen molar-refractivity contribution >= 4 is 11.9 Å². The first kappa shape index (κ1) is 12.5. The van der Waals surface area contributed by atoms with Crippen LogP contribution in [0.2, 0.25) is 0 Å². The second kappa shape index (κ2) is 4.76. The molecule has 0 unspecified atom stereocenters. The van der Waals surface area contributed by atoms with Gasteiger partial charge in [0.05, 0.1) is 12.7 Å². The largest absolute Gasteiger partial charge is 0.467 e. The van der Waals surface area contributed by atoms with E-state index < -0.39 is 5.54 Å². The number of ether oxygens (including phenoxy) is 1. The first-order valence-electron chi connectivity index (χ1n) is 5.90. The number of likely N-dealkylation sites (tertiary alicyclic amines) is 1. The van der Waals surface area contributed by atoms with Crippen molar-refractivity contribution in [3.63, 3.8) is 0 Å². The zero-order chi connectivity index (χ0) is 13.2. The Balaban J connectivity index is 2.28. The van der Waals surface area contributed by atoms with Crippen LogP contribution in [0.25, 0.3) is 0 Å².